The van der Waals surface area contributed by atoms with Crippen molar-refractivity contribution in [1.82, 2.24) is 14.7 Å². The second-order valence-electron chi connectivity index (χ2n) is 5.59. The zero-order valence-electron chi connectivity index (χ0n) is 13.6. The molecule has 0 aromatic carbocycles. The number of aromatic nitrogens is 2. The monoisotopic (exact) mass is 345 g/mol. The van der Waals surface area contributed by atoms with Gasteiger partial charge in [0.25, 0.3) is 0 Å². The third-order valence-electron chi connectivity index (χ3n) is 4.57. The molecule has 0 fully saturated rings. The van der Waals surface area contributed by atoms with Crippen LogP contribution in [0.4, 0.5) is 0 Å². The SMILES string of the molecule is CCn1nc(C)c(Br)c1CC(O)C(CC)(CC)N(C)C. The van der Waals surface area contributed by atoms with E-state index in [9.17, 15) is 5.11 Å². The van der Waals surface area contributed by atoms with Gasteiger partial charge >= 0.3 is 0 Å². The van der Waals surface area contributed by atoms with E-state index in [1.807, 2.05) is 25.7 Å². The second-order valence-corrected chi connectivity index (χ2v) is 6.38. The first-order valence-electron chi connectivity index (χ1n) is 7.41. The zero-order valence-corrected chi connectivity index (χ0v) is 15.2. The lowest BCUT2D eigenvalue weighted by molar-refractivity contribution is -0.0136. The van der Waals surface area contributed by atoms with Crippen LogP contribution in [-0.4, -0.2) is 45.5 Å². The second kappa shape index (κ2) is 7.05. The molecule has 1 atom stereocenters. The maximum Gasteiger partial charge on any atom is 0.0779 e. The third kappa shape index (κ3) is 3.10. The van der Waals surface area contributed by atoms with Crippen molar-refractivity contribution in [3.05, 3.63) is 15.9 Å². The molecule has 0 saturated carbocycles. The van der Waals surface area contributed by atoms with Crippen LogP contribution in [0.15, 0.2) is 4.47 Å². The van der Waals surface area contributed by atoms with Gasteiger partial charge in [-0.2, -0.15) is 5.10 Å². The Hall–Kier alpha value is -0.390. The van der Waals surface area contributed by atoms with Crippen LogP contribution in [-0.2, 0) is 13.0 Å². The van der Waals surface area contributed by atoms with Crippen molar-refractivity contribution in [2.75, 3.05) is 14.1 Å². The summed E-state index contributed by atoms with van der Waals surface area (Å²) < 4.78 is 3.01. The fraction of sp³-hybridized carbons (Fsp3) is 0.800. The Kier molecular flexibility index (Phi) is 6.23. The minimum Gasteiger partial charge on any atom is -0.391 e. The molecule has 1 unspecified atom stereocenters. The van der Waals surface area contributed by atoms with E-state index in [0.29, 0.717) is 6.42 Å². The highest BCUT2D eigenvalue weighted by Gasteiger charge is 2.37. The van der Waals surface area contributed by atoms with Gasteiger partial charge in [0.1, 0.15) is 0 Å². The number of rotatable bonds is 7. The summed E-state index contributed by atoms with van der Waals surface area (Å²) in [5.41, 5.74) is 1.89. The number of aliphatic hydroxyl groups is 1. The van der Waals surface area contributed by atoms with Crippen molar-refractivity contribution in [1.29, 1.82) is 0 Å². The van der Waals surface area contributed by atoms with Gasteiger partial charge in [-0.25, -0.2) is 0 Å². The van der Waals surface area contributed by atoms with E-state index in [4.69, 9.17) is 0 Å². The lowest BCUT2D eigenvalue weighted by atomic mass is 9.83. The first kappa shape index (κ1) is 17.7. The molecular weight excluding hydrogens is 318 g/mol. The van der Waals surface area contributed by atoms with Crippen LogP contribution >= 0.6 is 15.9 Å². The first-order chi connectivity index (χ1) is 9.33. The molecule has 1 heterocycles. The Morgan fingerprint density at radius 3 is 2.25 bits per heavy atom. The van der Waals surface area contributed by atoms with Gasteiger partial charge in [0.2, 0.25) is 0 Å². The molecule has 0 spiro atoms. The summed E-state index contributed by atoms with van der Waals surface area (Å²) >= 11 is 3.61. The topological polar surface area (TPSA) is 41.3 Å². The lowest BCUT2D eigenvalue weighted by Gasteiger charge is -2.42. The number of likely N-dealkylation sites (N-methyl/N-ethyl adjacent to an activating group) is 1. The predicted octanol–water partition coefficient (Wildman–Crippen LogP) is 3.00. The van der Waals surface area contributed by atoms with E-state index in [0.717, 1.165) is 35.2 Å². The minimum atomic E-state index is -0.412. The summed E-state index contributed by atoms with van der Waals surface area (Å²) in [6, 6.07) is 0. The van der Waals surface area contributed by atoms with Gasteiger partial charge in [-0.3, -0.25) is 4.68 Å². The van der Waals surface area contributed by atoms with Crippen LogP contribution in [0.2, 0.25) is 0 Å². The van der Waals surface area contributed by atoms with E-state index in [1.165, 1.54) is 0 Å². The quantitative estimate of drug-likeness (QED) is 0.825. The minimum absolute atomic E-state index is 0.184. The highest BCUT2D eigenvalue weighted by Crippen LogP contribution is 2.30. The fourth-order valence-electron chi connectivity index (χ4n) is 3.09. The molecule has 1 N–H and O–H groups in total. The number of hydrogen-bond acceptors (Lipinski definition) is 3. The van der Waals surface area contributed by atoms with E-state index < -0.39 is 6.10 Å². The summed E-state index contributed by atoms with van der Waals surface area (Å²) in [6.07, 6.45) is 2.06. The third-order valence-corrected chi connectivity index (χ3v) is 5.61. The molecule has 20 heavy (non-hydrogen) atoms. The number of aryl methyl sites for hydroxylation is 2. The first-order valence-corrected chi connectivity index (χ1v) is 8.20. The molecule has 0 radical (unpaired) electrons. The van der Waals surface area contributed by atoms with E-state index in [-0.39, 0.29) is 5.54 Å². The van der Waals surface area contributed by atoms with E-state index in [2.05, 4.69) is 46.7 Å². The van der Waals surface area contributed by atoms with Crippen molar-refractivity contribution in [3.63, 3.8) is 0 Å². The number of halogens is 1. The van der Waals surface area contributed by atoms with Gasteiger partial charge in [-0.05, 0) is 56.7 Å². The Morgan fingerprint density at radius 1 is 1.30 bits per heavy atom. The Balaban J connectivity index is 3.08. The van der Waals surface area contributed by atoms with Crippen LogP contribution < -0.4 is 0 Å². The molecule has 116 valence electrons. The van der Waals surface area contributed by atoms with E-state index in [1.54, 1.807) is 0 Å². The molecule has 0 saturated heterocycles. The van der Waals surface area contributed by atoms with Crippen molar-refractivity contribution in [2.24, 2.45) is 0 Å². The maximum absolute atomic E-state index is 10.8. The molecule has 4 nitrogen and oxygen atoms in total. The zero-order chi connectivity index (χ0) is 15.5. The molecule has 0 amide bonds. The molecule has 1 aromatic rings. The Morgan fingerprint density at radius 2 is 1.85 bits per heavy atom. The summed E-state index contributed by atoms with van der Waals surface area (Å²) in [4.78, 5) is 2.16. The predicted molar refractivity (Wildman–Crippen MR) is 87.0 cm³/mol. The van der Waals surface area contributed by atoms with Crippen LogP contribution in [0.1, 0.15) is 45.0 Å². The lowest BCUT2D eigenvalue weighted by Crippen LogP contribution is -2.53. The molecule has 0 aliphatic carbocycles. The molecule has 5 heteroatoms. The standard InChI is InChI=1S/C15H28BrN3O/c1-7-15(8-2,18(5)6)13(20)10-12-14(16)11(4)17-19(12)9-3/h13,20H,7-10H2,1-6H3. The van der Waals surface area contributed by atoms with Crippen molar-refractivity contribution in [2.45, 2.75) is 65.1 Å². The van der Waals surface area contributed by atoms with Crippen molar-refractivity contribution >= 4 is 15.9 Å². The molecule has 0 aliphatic rings. The molecule has 0 aliphatic heterocycles. The highest BCUT2D eigenvalue weighted by molar-refractivity contribution is 9.10. The molecule has 1 rings (SSSR count). The fourth-order valence-corrected chi connectivity index (χ4v) is 3.53. The van der Waals surface area contributed by atoms with Gasteiger partial charge < -0.3 is 10.0 Å². The Bertz CT molecular complexity index is 439. The average molecular weight is 346 g/mol. The largest absolute Gasteiger partial charge is 0.391 e. The number of aliphatic hydroxyl groups excluding tert-OH is 1. The van der Waals surface area contributed by atoms with Crippen molar-refractivity contribution < 1.29 is 5.11 Å². The summed E-state index contributed by atoms with van der Waals surface area (Å²) in [5, 5.41) is 15.3. The van der Waals surface area contributed by atoms with E-state index >= 15 is 0 Å². The maximum atomic E-state index is 10.8. The van der Waals surface area contributed by atoms with Crippen LogP contribution in [0.5, 0.6) is 0 Å². The van der Waals surface area contributed by atoms with Gasteiger partial charge in [-0.15, -0.1) is 0 Å². The molecule has 0 bridgehead atoms. The van der Waals surface area contributed by atoms with Crippen LogP contribution in [0, 0.1) is 6.92 Å². The molecule has 1 aromatic heterocycles. The summed E-state index contributed by atoms with van der Waals surface area (Å²) in [5.74, 6) is 0. The van der Waals surface area contributed by atoms with Gasteiger partial charge in [0.15, 0.2) is 0 Å². The number of nitrogens with zero attached hydrogens (tertiary/aromatic N) is 3. The normalized spacial score (nSPS) is 14.1. The Labute approximate surface area is 131 Å². The average Bonchev–Trinajstić information content (AvgIpc) is 2.68. The smallest absolute Gasteiger partial charge is 0.0779 e. The van der Waals surface area contributed by atoms with Gasteiger partial charge in [0, 0.05) is 18.5 Å². The summed E-state index contributed by atoms with van der Waals surface area (Å²) in [6.45, 7) is 9.18. The van der Waals surface area contributed by atoms with Gasteiger partial charge in [-0.1, -0.05) is 13.8 Å². The summed E-state index contributed by atoms with van der Waals surface area (Å²) in [7, 11) is 4.10. The highest BCUT2D eigenvalue weighted by atomic mass is 79.9. The van der Waals surface area contributed by atoms with Crippen molar-refractivity contribution in [3.8, 4) is 0 Å². The molecular formula is C15H28BrN3O. The van der Waals surface area contributed by atoms with Crippen LogP contribution in [0.3, 0.4) is 0 Å². The van der Waals surface area contributed by atoms with Crippen LogP contribution in [0.25, 0.3) is 0 Å². The number of hydrogen-bond donors (Lipinski definition) is 1. The van der Waals surface area contributed by atoms with Gasteiger partial charge in [0.05, 0.1) is 22.0 Å².